The van der Waals surface area contributed by atoms with Crippen LogP contribution < -0.4 is 0 Å². The van der Waals surface area contributed by atoms with Crippen molar-refractivity contribution in [3.63, 3.8) is 0 Å². The second-order valence-electron chi connectivity index (χ2n) is 1.80. The van der Waals surface area contributed by atoms with E-state index in [1.165, 1.54) is 11.8 Å². The van der Waals surface area contributed by atoms with Gasteiger partial charge in [-0.3, -0.25) is 0 Å². The molecule has 0 spiro atoms. The second-order valence-corrected chi connectivity index (χ2v) is 1.80. The Morgan fingerprint density at radius 2 is 1.88 bits per heavy atom. The van der Waals surface area contributed by atoms with Crippen LogP contribution in [0.5, 0.6) is 0 Å². The molecule has 0 radical (unpaired) electrons. The Hall–Kier alpha value is -0.850. The second kappa shape index (κ2) is 4.31. The van der Waals surface area contributed by atoms with Crippen LogP contribution in [0.1, 0.15) is 13.8 Å². The van der Waals surface area contributed by atoms with Crippen molar-refractivity contribution in [2.45, 2.75) is 13.8 Å². The third-order valence-corrected chi connectivity index (χ3v) is 0.637. The third kappa shape index (κ3) is 5.15. The first-order valence-electron chi connectivity index (χ1n) is 2.58. The van der Waals surface area contributed by atoms with Crippen molar-refractivity contribution in [1.29, 1.82) is 5.41 Å². The molecular weight excluding hydrogens is 98.1 g/mol. The van der Waals surface area contributed by atoms with Gasteiger partial charge in [0.1, 0.15) is 0 Å². The maximum absolute atomic E-state index is 6.61. The van der Waals surface area contributed by atoms with Crippen LogP contribution in [0.3, 0.4) is 0 Å². The summed E-state index contributed by atoms with van der Waals surface area (Å²) in [6.07, 6.45) is 6.76. The molecule has 0 aliphatic heterocycles. The molecule has 0 unspecified atom stereocenters. The lowest BCUT2D eigenvalue weighted by atomic mass is 10.3. The van der Waals surface area contributed by atoms with Crippen molar-refractivity contribution in [3.05, 3.63) is 23.8 Å². The largest absolute Gasteiger partial charge is 0.309 e. The minimum absolute atomic E-state index is 1.25. The van der Waals surface area contributed by atoms with E-state index in [-0.39, 0.29) is 0 Å². The molecular formula is C7H11N. The lowest BCUT2D eigenvalue weighted by molar-refractivity contribution is 1.39. The molecule has 44 valence electrons. The summed E-state index contributed by atoms with van der Waals surface area (Å²) in [5.41, 5.74) is 1.25. The molecule has 8 heavy (non-hydrogen) atoms. The van der Waals surface area contributed by atoms with Crippen LogP contribution in [0.15, 0.2) is 23.8 Å². The number of hydrogen-bond donors (Lipinski definition) is 1. The molecule has 0 saturated carbocycles. The Kier molecular flexibility index (Phi) is 3.85. The summed E-state index contributed by atoms with van der Waals surface area (Å²) in [7, 11) is 0. The van der Waals surface area contributed by atoms with Crippen LogP contribution >= 0.6 is 0 Å². The molecule has 0 aliphatic carbocycles. The fraction of sp³-hybridized carbons (Fsp3) is 0.286. The Morgan fingerprint density at radius 3 is 2.25 bits per heavy atom. The van der Waals surface area contributed by atoms with Gasteiger partial charge in [-0.25, -0.2) is 0 Å². The molecule has 0 aromatic rings. The highest BCUT2D eigenvalue weighted by Gasteiger charge is 1.66. The number of hydrogen-bond acceptors (Lipinski definition) is 1. The molecule has 0 aromatic carbocycles. The monoisotopic (exact) mass is 109 g/mol. The lowest BCUT2D eigenvalue weighted by Gasteiger charge is -1.78. The van der Waals surface area contributed by atoms with Crippen molar-refractivity contribution in [2.24, 2.45) is 0 Å². The molecule has 1 heteroatoms. The molecule has 0 fully saturated rings. The Balaban J connectivity index is 3.57. The number of nitrogens with one attached hydrogen (secondary N) is 1. The van der Waals surface area contributed by atoms with Crippen LogP contribution in [0.4, 0.5) is 0 Å². The van der Waals surface area contributed by atoms with Crippen molar-refractivity contribution in [1.82, 2.24) is 0 Å². The van der Waals surface area contributed by atoms with Gasteiger partial charge in [-0.05, 0) is 19.9 Å². The van der Waals surface area contributed by atoms with Gasteiger partial charge in [-0.1, -0.05) is 17.7 Å². The molecule has 1 nitrogen and oxygen atoms in total. The van der Waals surface area contributed by atoms with Crippen LogP contribution in [0.2, 0.25) is 0 Å². The predicted molar refractivity (Wildman–Crippen MR) is 37.4 cm³/mol. The van der Waals surface area contributed by atoms with Gasteiger partial charge in [-0.15, -0.1) is 0 Å². The molecule has 1 N–H and O–H groups in total. The quantitative estimate of drug-likeness (QED) is 0.415. The van der Waals surface area contributed by atoms with E-state index in [2.05, 4.69) is 0 Å². The van der Waals surface area contributed by atoms with Crippen molar-refractivity contribution < 1.29 is 0 Å². The van der Waals surface area contributed by atoms with E-state index in [1.807, 2.05) is 26.0 Å². The molecule has 0 aromatic heterocycles. The van der Waals surface area contributed by atoms with Gasteiger partial charge in [0.15, 0.2) is 0 Å². The maximum atomic E-state index is 6.61. The molecule has 0 aliphatic rings. The maximum Gasteiger partial charge on any atom is 0.0177 e. The van der Waals surface area contributed by atoms with Crippen molar-refractivity contribution >= 4 is 6.21 Å². The minimum Gasteiger partial charge on any atom is -0.309 e. The molecule has 0 rings (SSSR count). The highest BCUT2D eigenvalue weighted by atomic mass is 14.3. The van der Waals surface area contributed by atoms with E-state index in [1.54, 1.807) is 6.08 Å². The first-order valence-corrected chi connectivity index (χ1v) is 2.58. The van der Waals surface area contributed by atoms with Gasteiger partial charge in [-0.2, -0.15) is 0 Å². The minimum atomic E-state index is 1.25. The number of rotatable bonds is 2. The predicted octanol–water partition coefficient (Wildman–Crippen LogP) is 2.16. The summed E-state index contributed by atoms with van der Waals surface area (Å²) < 4.78 is 0. The summed E-state index contributed by atoms with van der Waals surface area (Å²) >= 11 is 0. The zero-order chi connectivity index (χ0) is 6.41. The first kappa shape index (κ1) is 7.15. The molecule has 0 atom stereocenters. The number of allylic oxidation sites excluding steroid dienone is 4. The van der Waals surface area contributed by atoms with Gasteiger partial charge in [0.05, 0.1) is 0 Å². The van der Waals surface area contributed by atoms with Crippen LogP contribution in [0, 0.1) is 5.41 Å². The normalized spacial score (nSPS) is 9.25. The Bertz CT molecular complexity index is 116. The van der Waals surface area contributed by atoms with Gasteiger partial charge in [0, 0.05) is 6.21 Å². The highest BCUT2D eigenvalue weighted by Crippen LogP contribution is 1.86. The fourth-order valence-electron chi connectivity index (χ4n) is 0.304. The fourth-order valence-corrected chi connectivity index (χ4v) is 0.304. The van der Waals surface area contributed by atoms with Gasteiger partial charge in [0.25, 0.3) is 0 Å². The average Bonchev–Trinajstić information content (AvgIpc) is 1.66. The zero-order valence-electron chi connectivity index (χ0n) is 5.31. The van der Waals surface area contributed by atoms with E-state index in [0.717, 1.165) is 0 Å². The van der Waals surface area contributed by atoms with E-state index in [4.69, 9.17) is 5.41 Å². The molecule has 0 heterocycles. The standard InChI is InChI=1S/C7H11N/c1-7(2)5-3-4-6-8/h3-6,8H,1-2H3/b4-3-,8-6?. The summed E-state index contributed by atoms with van der Waals surface area (Å²) in [4.78, 5) is 0. The van der Waals surface area contributed by atoms with E-state index in [0.29, 0.717) is 0 Å². The van der Waals surface area contributed by atoms with Crippen LogP contribution in [0.25, 0.3) is 0 Å². The molecule has 0 bridgehead atoms. The Labute approximate surface area is 50.2 Å². The average molecular weight is 109 g/mol. The van der Waals surface area contributed by atoms with E-state index >= 15 is 0 Å². The third-order valence-electron chi connectivity index (χ3n) is 0.637. The van der Waals surface area contributed by atoms with E-state index in [9.17, 15) is 0 Å². The van der Waals surface area contributed by atoms with Crippen LogP contribution in [-0.2, 0) is 0 Å². The highest BCUT2D eigenvalue weighted by molar-refractivity contribution is 5.68. The van der Waals surface area contributed by atoms with Crippen molar-refractivity contribution in [2.75, 3.05) is 0 Å². The Morgan fingerprint density at radius 1 is 1.25 bits per heavy atom. The van der Waals surface area contributed by atoms with Gasteiger partial charge < -0.3 is 5.41 Å². The zero-order valence-corrected chi connectivity index (χ0v) is 5.31. The topological polar surface area (TPSA) is 23.9 Å². The summed E-state index contributed by atoms with van der Waals surface area (Å²) in [5, 5.41) is 6.61. The summed E-state index contributed by atoms with van der Waals surface area (Å²) in [6, 6.07) is 0. The molecule has 0 saturated heterocycles. The lowest BCUT2D eigenvalue weighted by Crippen LogP contribution is -1.59. The summed E-state index contributed by atoms with van der Waals surface area (Å²) in [6.45, 7) is 4.04. The first-order chi connectivity index (χ1) is 3.77. The summed E-state index contributed by atoms with van der Waals surface area (Å²) in [5.74, 6) is 0. The van der Waals surface area contributed by atoms with Crippen LogP contribution in [-0.4, -0.2) is 6.21 Å². The van der Waals surface area contributed by atoms with Gasteiger partial charge in [0.2, 0.25) is 0 Å². The van der Waals surface area contributed by atoms with E-state index < -0.39 is 0 Å². The van der Waals surface area contributed by atoms with Gasteiger partial charge >= 0.3 is 0 Å². The smallest absolute Gasteiger partial charge is 0.0177 e. The molecule has 0 amide bonds. The van der Waals surface area contributed by atoms with Crippen molar-refractivity contribution in [3.8, 4) is 0 Å². The SMILES string of the molecule is CC(C)=C/C=C\C=N.